The van der Waals surface area contributed by atoms with Gasteiger partial charge < -0.3 is 14.8 Å². The molecule has 3 aliphatic rings. The lowest BCUT2D eigenvalue weighted by molar-refractivity contribution is -0.127. The fraction of sp³-hybridized carbons (Fsp3) is 0.514. The van der Waals surface area contributed by atoms with Gasteiger partial charge in [-0.3, -0.25) is 9.80 Å². The van der Waals surface area contributed by atoms with Crippen molar-refractivity contribution >= 4 is 27.6 Å². The molecule has 3 fully saturated rings. The minimum atomic E-state index is -4.25. The zero-order valence-electron chi connectivity index (χ0n) is 26.6. The van der Waals surface area contributed by atoms with Gasteiger partial charge in [0.2, 0.25) is 0 Å². The van der Waals surface area contributed by atoms with Crippen LogP contribution < -0.4 is 10.2 Å². The van der Waals surface area contributed by atoms with Crippen LogP contribution in [0.2, 0.25) is 0 Å². The van der Waals surface area contributed by atoms with Gasteiger partial charge in [-0.1, -0.05) is 12.1 Å². The van der Waals surface area contributed by atoms with Crippen molar-refractivity contribution in [2.75, 3.05) is 57.3 Å². The lowest BCUT2D eigenvalue weighted by atomic mass is 9.72. The first kappa shape index (κ1) is 30.9. The molecule has 0 amide bonds. The molecular formula is C35H41F3N8. The standard InChI is InChI=1S/C35H41F3N8/c1-24(44-13-9-40-10-14-44)19-46-28(18-39)16-29-25(2)27(4-6-32(29)46)20-43-11-7-34(8-12-43)21-45(22-34)33-30-15-26(17-35(36,37)38)3-5-31(30)41-23-42-33/h3-6,15-16,23-24,40H,7-14,17,19-22H2,1-2H3. The van der Waals surface area contributed by atoms with E-state index in [9.17, 15) is 18.4 Å². The van der Waals surface area contributed by atoms with Crippen LogP contribution in [0.25, 0.3) is 21.8 Å². The highest BCUT2D eigenvalue weighted by Gasteiger charge is 2.45. The van der Waals surface area contributed by atoms with Crippen LogP contribution in [-0.2, 0) is 19.5 Å². The van der Waals surface area contributed by atoms with Crippen LogP contribution >= 0.6 is 0 Å². The average molecular weight is 631 g/mol. The number of piperazine rings is 1. The number of fused-ring (bicyclic) bond motifs is 2. The van der Waals surface area contributed by atoms with Gasteiger partial charge in [0.15, 0.2) is 0 Å². The van der Waals surface area contributed by atoms with E-state index in [1.807, 2.05) is 0 Å². The molecule has 1 N–H and O–H groups in total. The number of hydrogen-bond acceptors (Lipinski definition) is 7. The third-order valence-corrected chi connectivity index (χ3v) is 10.5. The number of alkyl halides is 3. The third-order valence-electron chi connectivity index (χ3n) is 10.5. The lowest BCUT2D eigenvalue weighted by Gasteiger charge is -2.54. The first-order chi connectivity index (χ1) is 22.1. The summed E-state index contributed by atoms with van der Waals surface area (Å²) >= 11 is 0. The number of rotatable bonds is 7. The molecule has 11 heteroatoms. The van der Waals surface area contributed by atoms with Gasteiger partial charge in [-0.05, 0) is 80.7 Å². The maximum atomic E-state index is 13.0. The van der Waals surface area contributed by atoms with Crippen LogP contribution in [0.1, 0.15) is 42.1 Å². The van der Waals surface area contributed by atoms with Gasteiger partial charge in [-0.25, -0.2) is 9.97 Å². The molecule has 1 spiro atoms. The Bertz CT molecular complexity index is 1770. The molecule has 8 nitrogen and oxygen atoms in total. The number of halogens is 3. The van der Waals surface area contributed by atoms with E-state index in [4.69, 9.17) is 0 Å². The highest BCUT2D eigenvalue weighted by atomic mass is 19.4. The summed E-state index contributed by atoms with van der Waals surface area (Å²) in [7, 11) is 0. The van der Waals surface area contributed by atoms with E-state index in [0.29, 0.717) is 16.9 Å². The Kier molecular flexibility index (Phi) is 8.16. The first-order valence-electron chi connectivity index (χ1n) is 16.4. The number of anilines is 1. The van der Waals surface area contributed by atoms with Crippen molar-refractivity contribution in [3.05, 3.63) is 65.1 Å². The molecule has 1 atom stereocenters. The molecule has 5 heterocycles. The van der Waals surface area contributed by atoms with Crippen LogP contribution in [0, 0.1) is 23.7 Å². The summed E-state index contributed by atoms with van der Waals surface area (Å²) in [4.78, 5) is 16.0. The third kappa shape index (κ3) is 6.06. The van der Waals surface area contributed by atoms with Crippen LogP contribution in [0.3, 0.4) is 0 Å². The van der Waals surface area contributed by atoms with Gasteiger partial charge >= 0.3 is 6.18 Å². The Morgan fingerprint density at radius 1 is 1.00 bits per heavy atom. The van der Waals surface area contributed by atoms with Gasteiger partial charge in [0, 0.05) is 80.1 Å². The molecular weight excluding hydrogens is 589 g/mol. The maximum absolute atomic E-state index is 13.0. The molecule has 4 aromatic rings. The second kappa shape index (κ2) is 12.1. The number of hydrogen-bond donors (Lipinski definition) is 1. The summed E-state index contributed by atoms with van der Waals surface area (Å²) in [6.45, 7) is 13.9. The molecule has 242 valence electrons. The Balaban J connectivity index is 0.999. The van der Waals surface area contributed by atoms with Gasteiger partial charge in [-0.2, -0.15) is 18.4 Å². The number of piperidine rings is 1. The number of aryl methyl sites for hydroxylation is 1. The van der Waals surface area contributed by atoms with E-state index in [2.05, 4.69) is 72.7 Å². The molecule has 0 saturated carbocycles. The highest BCUT2D eigenvalue weighted by Crippen LogP contribution is 2.44. The van der Waals surface area contributed by atoms with Crippen molar-refractivity contribution in [3.63, 3.8) is 0 Å². The van der Waals surface area contributed by atoms with E-state index in [1.165, 1.54) is 28.9 Å². The number of nitrogens with zero attached hydrogens (tertiary/aromatic N) is 7. The van der Waals surface area contributed by atoms with Gasteiger partial charge in [0.1, 0.15) is 23.9 Å². The van der Waals surface area contributed by atoms with Gasteiger partial charge in [0.05, 0.1) is 11.9 Å². The predicted molar refractivity (Wildman–Crippen MR) is 174 cm³/mol. The fourth-order valence-electron chi connectivity index (χ4n) is 7.82. The zero-order chi connectivity index (χ0) is 32.1. The number of likely N-dealkylation sites (tertiary alicyclic amines) is 1. The summed E-state index contributed by atoms with van der Waals surface area (Å²) in [5, 5.41) is 15.3. The molecule has 46 heavy (non-hydrogen) atoms. The van der Waals surface area contributed by atoms with Crippen molar-refractivity contribution in [2.45, 2.75) is 58.4 Å². The fourth-order valence-corrected chi connectivity index (χ4v) is 7.82. The van der Waals surface area contributed by atoms with Gasteiger partial charge in [-0.15, -0.1) is 0 Å². The molecule has 0 aliphatic carbocycles. The second-order valence-corrected chi connectivity index (χ2v) is 13.6. The smallest absolute Gasteiger partial charge is 0.355 e. The number of nitrogens with one attached hydrogen (secondary N) is 1. The number of nitriles is 1. The molecule has 1 unspecified atom stereocenters. The van der Waals surface area contributed by atoms with E-state index in [-0.39, 0.29) is 11.0 Å². The zero-order valence-corrected chi connectivity index (χ0v) is 26.6. The summed E-state index contributed by atoms with van der Waals surface area (Å²) < 4.78 is 41.3. The Morgan fingerprint density at radius 3 is 2.48 bits per heavy atom. The monoisotopic (exact) mass is 630 g/mol. The van der Waals surface area contributed by atoms with Crippen LogP contribution in [-0.4, -0.2) is 88.9 Å². The lowest BCUT2D eigenvalue weighted by Crippen LogP contribution is -2.60. The van der Waals surface area contributed by atoms with E-state index in [0.717, 1.165) is 95.3 Å². The molecule has 0 bridgehead atoms. The summed E-state index contributed by atoms with van der Waals surface area (Å²) in [6.07, 6.45) is -1.55. The van der Waals surface area contributed by atoms with E-state index >= 15 is 0 Å². The van der Waals surface area contributed by atoms with E-state index in [1.54, 1.807) is 12.1 Å². The van der Waals surface area contributed by atoms with Crippen molar-refractivity contribution in [1.29, 1.82) is 5.26 Å². The minimum absolute atomic E-state index is 0.205. The Labute approximate surface area is 267 Å². The van der Waals surface area contributed by atoms with Crippen molar-refractivity contribution in [3.8, 4) is 6.07 Å². The molecule has 0 radical (unpaired) electrons. The summed E-state index contributed by atoms with van der Waals surface area (Å²) in [5.41, 5.74) is 5.52. The largest absolute Gasteiger partial charge is 0.393 e. The Hall–Kier alpha value is -3.72. The van der Waals surface area contributed by atoms with Crippen LogP contribution in [0.4, 0.5) is 19.0 Å². The van der Waals surface area contributed by atoms with Crippen molar-refractivity contribution < 1.29 is 13.2 Å². The number of aromatic nitrogens is 3. The van der Waals surface area contributed by atoms with Gasteiger partial charge in [0.25, 0.3) is 0 Å². The molecule has 3 saturated heterocycles. The normalized spacial score (nSPS) is 19.9. The average Bonchev–Trinajstić information content (AvgIpc) is 3.39. The second-order valence-electron chi connectivity index (χ2n) is 13.6. The first-order valence-corrected chi connectivity index (χ1v) is 16.4. The molecule has 7 rings (SSSR count). The predicted octanol–water partition coefficient (Wildman–Crippen LogP) is 5.27. The van der Waals surface area contributed by atoms with Crippen LogP contribution in [0.15, 0.2) is 42.7 Å². The van der Waals surface area contributed by atoms with Crippen molar-refractivity contribution in [1.82, 2.24) is 29.7 Å². The number of benzene rings is 2. The molecule has 2 aromatic heterocycles. The highest BCUT2D eigenvalue weighted by molar-refractivity contribution is 5.90. The topological polar surface area (TPSA) is 76.2 Å². The SMILES string of the molecule is Cc1c(CN2CCC3(CC2)CN(c2ncnc4ccc(CC(F)(F)F)cc24)C3)ccc2c1cc(C#N)n2CC(C)N1CCNCC1. The summed E-state index contributed by atoms with van der Waals surface area (Å²) in [5.74, 6) is 0.733. The quantitative estimate of drug-likeness (QED) is 0.299. The van der Waals surface area contributed by atoms with Crippen LogP contribution in [0.5, 0.6) is 0 Å². The summed E-state index contributed by atoms with van der Waals surface area (Å²) in [6, 6.07) is 14.1. The Morgan fingerprint density at radius 2 is 1.76 bits per heavy atom. The molecule has 3 aliphatic heterocycles. The maximum Gasteiger partial charge on any atom is 0.393 e. The molecule has 2 aromatic carbocycles. The van der Waals surface area contributed by atoms with Crippen molar-refractivity contribution in [2.24, 2.45) is 5.41 Å². The minimum Gasteiger partial charge on any atom is -0.355 e. The van der Waals surface area contributed by atoms with E-state index < -0.39 is 12.6 Å².